The number of rotatable bonds is 7. The summed E-state index contributed by atoms with van der Waals surface area (Å²) >= 11 is 0. The van der Waals surface area contributed by atoms with Crippen LogP contribution < -0.4 is 9.47 Å². The number of fused-ring (bicyclic) bond motifs is 7. The van der Waals surface area contributed by atoms with Gasteiger partial charge in [-0.1, -0.05) is 139 Å². The van der Waals surface area contributed by atoms with Gasteiger partial charge in [0.2, 0.25) is 0 Å². The molecule has 10 rings (SSSR count). The predicted octanol–water partition coefficient (Wildman–Crippen LogP) is 12.9. The van der Waals surface area contributed by atoms with E-state index in [1.807, 2.05) is 54.6 Å². The minimum Gasteiger partial charge on any atom is -0.497 e. The third kappa shape index (κ3) is 5.31. The minimum atomic E-state index is -1.16. The molecule has 0 aliphatic heterocycles. The fraction of sp³-hybridized carbons (Fsp3) is 0.0943. The van der Waals surface area contributed by atoms with E-state index in [-0.39, 0.29) is 0 Å². The molecule has 0 aromatic heterocycles. The van der Waals surface area contributed by atoms with E-state index in [2.05, 4.69) is 134 Å². The van der Waals surface area contributed by atoms with E-state index < -0.39 is 11.0 Å². The topological polar surface area (TPSA) is 38.7 Å². The van der Waals surface area contributed by atoms with Crippen molar-refractivity contribution in [3.63, 3.8) is 0 Å². The summed E-state index contributed by atoms with van der Waals surface area (Å²) in [7, 11) is 1.64. The van der Waals surface area contributed by atoms with Gasteiger partial charge < -0.3 is 14.6 Å². The van der Waals surface area contributed by atoms with Gasteiger partial charge in [-0.15, -0.1) is 0 Å². The second-order valence-electron chi connectivity index (χ2n) is 15.2. The maximum absolute atomic E-state index is 11.4. The quantitative estimate of drug-likeness (QED) is 0.178. The van der Waals surface area contributed by atoms with E-state index in [0.717, 1.165) is 33.4 Å². The van der Waals surface area contributed by atoms with Crippen LogP contribution in [0.25, 0.3) is 43.4 Å². The molecule has 0 spiro atoms. The van der Waals surface area contributed by atoms with Crippen LogP contribution in [0, 0.1) is 6.92 Å². The Kier molecular flexibility index (Phi) is 7.84. The van der Waals surface area contributed by atoms with Crippen LogP contribution in [0.4, 0.5) is 0 Å². The van der Waals surface area contributed by atoms with E-state index >= 15 is 0 Å². The SMILES string of the molecule is COc1ccc(C(C)(O)c2ccc(Oc3ccc4cc(C5(c6ccc7cc(C)ccc7c6)c6ccccc6-c6c5ccc5ccccc65)ccc4c3)cc2)cc1. The van der Waals surface area contributed by atoms with Gasteiger partial charge in [0.1, 0.15) is 22.8 Å². The zero-order valence-corrected chi connectivity index (χ0v) is 31.6. The first kappa shape index (κ1) is 33.9. The van der Waals surface area contributed by atoms with Gasteiger partial charge in [0, 0.05) is 0 Å². The van der Waals surface area contributed by atoms with Crippen LogP contribution in [0.1, 0.15) is 45.9 Å². The van der Waals surface area contributed by atoms with Gasteiger partial charge in [-0.2, -0.15) is 0 Å². The fourth-order valence-electron chi connectivity index (χ4n) is 9.02. The molecule has 0 fully saturated rings. The lowest BCUT2D eigenvalue weighted by Gasteiger charge is -2.34. The summed E-state index contributed by atoms with van der Waals surface area (Å²) in [4.78, 5) is 0. The number of aryl methyl sites for hydroxylation is 1. The average molecular weight is 725 g/mol. The maximum atomic E-state index is 11.4. The molecule has 3 heteroatoms. The standard InChI is InChI=1S/C53H40O3/c1-34-12-13-37-31-42(18-14-36(37)30-34)53(49-11-7-6-10-48(49)51-47-9-5-4-8-35(47)17-29-50(51)53)43-19-15-39-33-46(24-16-38(39)32-43)56-45-27-22-41(23-28-45)52(2,54)40-20-25-44(55-3)26-21-40/h4-33,54H,1-3H3. The highest BCUT2D eigenvalue weighted by molar-refractivity contribution is 6.04. The molecule has 3 nitrogen and oxygen atoms in total. The van der Waals surface area contributed by atoms with Crippen molar-refractivity contribution in [3.05, 3.63) is 221 Å². The predicted molar refractivity (Wildman–Crippen MR) is 229 cm³/mol. The zero-order chi connectivity index (χ0) is 38.0. The first-order valence-electron chi connectivity index (χ1n) is 19.2. The molecule has 1 aliphatic rings. The van der Waals surface area contributed by atoms with E-state index in [1.165, 1.54) is 60.5 Å². The van der Waals surface area contributed by atoms with Crippen LogP contribution in [0.2, 0.25) is 0 Å². The van der Waals surface area contributed by atoms with Crippen LogP contribution in [-0.2, 0) is 11.0 Å². The molecule has 0 bridgehead atoms. The molecular weight excluding hydrogens is 685 g/mol. The molecule has 2 unspecified atom stereocenters. The summed E-state index contributed by atoms with van der Waals surface area (Å²) in [5, 5.41) is 18.7. The molecule has 0 saturated heterocycles. The van der Waals surface area contributed by atoms with Crippen molar-refractivity contribution in [2.75, 3.05) is 7.11 Å². The normalized spacial score (nSPS) is 15.7. The summed E-state index contributed by atoms with van der Waals surface area (Å²) in [5.41, 5.74) is 8.80. The van der Waals surface area contributed by atoms with Gasteiger partial charge in [-0.05, 0) is 139 Å². The largest absolute Gasteiger partial charge is 0.497 e. The van der Waals surface area contributed by atoms with E-state index in [0.29, 0.717) is 5.75 Å². The summed E-state index contributed by atoms with van der Waals surface area (Å²) in [6.07, 6.45) is 0. The molecule has 270 valence electrons. The molecule has 2 atom stereocenters. The van der Waals surface area contributed by atoms with Gasteiger partial charge >= 0.3 is 0 Å². The summed E-state index contributed by atoms with van der Waals surface area (Å²) in [5.74, 6) is 2.21. The molecule has 56 heavy (non-hydrogen) atoms. The van der Waals surface area contributed by atoms with Crippen molar-refractivity contribution < 1.29 is 14.6 Å². The first-order chi connectivity index (χ1) is 27.3. The highest BCUT2D eigenvalue weighted by Crippen LogP contribution is 2.58. The van der Waals surface area contributed by atoms with Crippen LogP contribution in [0.3, 0.4) is 0 Å². The lowest BCUT2D eigenvalue weighted by atomic mass is 9.67. The summed E-state index contributed by atoms with van der Waals surface area (Å²) < 4.78 is 11.7. The second kappa shape index (κ2) is 13.0. The molecule has 0 saturated carbocycles. The maximum Gasteiger partial charge on any atom is 0.128 e. The Balaban J connectivity index is 1.06. The summed E-state index contributed by atoms with van der Waals surface area (Å²) in [6.45, 7) is 3.96. The molecule has 0 radical (unpaired) electrons. The molecule has 9 aromatic rings. The number of hydrogen-bond donors (Lipinski definition) is 1. The molecular formula is C53H40O3. The number of aliphatic hydroxyl groups is 1. The van der Waals surface area contributed by atoms with Crippen LogP contribution >= 0.6 is 0 Å². The Bertz CT molecular complexity index is 2960. The van der Waals surface area contributed by atoms with E-state index in [9.17, 15) is 5.11 Å². The first-order valence-corrected chi connectivity index (χ1v) is 19.2. The van der Waals surface area contributed by atoms with Crippen molar-refractivity contribution >= 4 is 32.3 Å². The molecule has 0 amide bonds. The molecule has 9 aromatic carbocycles. The molecule has 1 N–H and O–H groups in total. The lowest BCUT2D eigenvalue weighted by Crippen LogP contribution is -2.28. The smallest absolute Gasteiger partial charge is 0.128 e. The number of hydrogen-bond acceptors (Lipinski definition) is 3. The Morgan fingerprint density at radius 1 is 0.482 bits per heavy atom. The monoisotopic (exact) mass is 724 g/mol. The van der Waals surface area contributed by atoms with Crippen molar-refractivity contribution in [2.24, 2.45) is 0 Å². The van der Waals surface area contributed by atoms with Crippen molar-refractivity contribution in [1.82, 2.24) is 0 Å². The van der Waals surface area contributed by atoms with Crippen molar-refractivity contribution in [3.8, 4) is 28.4 Å². The second-order valence-corrected chi connectivity index (χ2v) is 15.2. The highest BCUT2D eigenvalue weighted by Gasteiger charge is 2.46. The van der Waals surface area contributed by atoms with Gasteiger partial charge in [0.05, 0.1) is 12.5 Å². The van der Waals surface area contributed by atoms with Crippen LogP contribution in [-0.4, -0.2) is 12.2 Å². The Hall–Kier alpha value is -6.68. The van der Waals surface area contributed by atoms with Crippen molar-refractivity contribution in [2.45, 2.75) is 24.9 Å². The number of methoxy groups -OCH3 is 1. The van der Waals surface area contributed by atoms with Gasteiger partial charge in [0.15, 0.2) is 0 Å². The average Bonchev–Trinajstić information content (AvgIpc) is 3.55. The summed E-state index contributed by atoms with van der Waals surface area (Å²) in [6, 6.07) is 64.5. The van der Waals surface area contributed by atoms with Crippen LogP contribution in [0.15, 0.2) is 182 Å². The van der Waals surface area contributed by atoms with E-state index in [4.69, 9.17) is 9.47 Å². The Labute approximate surface area is 327 Å². The van der Waals surface area contributed by atoms with Gasteiger partial charge in [0.25, 0.3) is 0 Å². The fourth-order valence-corrected chi connectivity index (χ4v) is 9.02. The minimum absolute atomic E-state index is 0.535. The zero-order valence-electron chi connectivity index (χ0n) is 31.6. The Morgan fingerprint density at radius 3 is 1.75 bits per heavy atom. The third-order valence-corrected chi connectivity index (χ3v) is 11.9. The molecule has 0 heterocycles. The third-order valence-electron chi connectivity index (χ3n) is 11.9. The van der Waals surface area contributed by atoms with Gasteiger partial charge in [-0.25, -0.2) is 0 Å². The van der Waals surface area contributed by atoms with E-state index in [1.54, 1.807) is 14.0 Å². The highest BCUT2D eigenvalue weighted by atomic mass is 16.5. The number of ether oxygens (including phenoxy) is 2. The van der Waals surface area contributed by atoms with Crippen LogP contribution in [0.5, 0.6) is 17.2 Å². The van der Waals surface area contributed by atoms with Gasteiger partial charge in [-0.3, -0.25) is 0 Å². The molecule has 1 aliphatic carbocycles. The lowest BCUT2D eigenvalue weighted by molar-refractivity contribution is 0.102. The van der Waals surface area contributed by atoms with Crippen molar-refractivity contribution in [1.29, 1.82) is 0 Å². The Morgan fingerprint density at radius 2 is 1.04 bits per heavy atom. The number of benzene rings is 9.